The summed E-state index contributed by atoms with van der Waals surface area (Å²) in [5, 5.41) is 10.9. The van der Waals surface area contributed by atoms with Crippen LogP contribution in [0.25, 0.3) is 5.82 Å². The Kier molecular flexibility index (Phi) is 8.25. The van der Waals surface area contributed by atoms with Crippen molar-refractivity contribution in [2.75, 3.05) is 53.8 Å². The predicted molar refractivity (Wildman–Crippen MR) is 164 cm³/mol. The molecule has 1 aromatic carbocycles. The van der Waals surface area contributed by atoms with Crippen LogP contribution in [0.4, 0.5) is 39.3 Å². The second kappa shape index (κ2) is 12.0. The lowest BCUT2D eigenvalue weighted by Gasteiger charge is -2.28. The molecule has 42 heavy (non-hydrogen) atoms. The van der Waals surface area contributed by atoms with Crippen LogP contribution in [0.3, 0.4) is 0 Å². The normalized spacial score (nSPS) is 13.5. The highest BCUT2D eigenvalue weighted by Gasteiger charge is 2.18. The van der Waals surface area contributed by atoms with E-state index in [9.17, 15) is 4.79 Å². The van der Waals surface area contributed by atoms with Crippen molar-refractivity contribution in [1.82, 2.24) is 24.7 Å². The minimum absolute atomic E-state index is 0.513. The summed E-state index contributed by atoms with van der Waals surface area (Å²) >= 11 is 0. The summed E-state index contributed by atoms with van der Waals surface area (Å²) in [6.45, 7) is 12.6. The van der Waals surface area contributed by atoms with Gasteiger partial charge in [-0.15, -0.1) is 0 Å². The Hall–Kier alpha value is -4.71. The van der Waals surface area contributed by atoms with Crippen LogP contribution in [0.5, 0.6) is 0 Å². The molecule has 0 spiro atoms. The number of amides is 1. The third-order valence-electron chi connectivity index (χ3n) is 6.63. The van der Waals surface area contributed by atoms with Crippen molar-refractivity contribution in [2.24, 2.45) is 0 Å². The third-order valence-corrected chi connectivity index (χ3v) is 6.63. The number of aryl methyl sites for hydroxylation is 2. The Morgan fingerprint density at radius 2 is 1.79 bits per heavy atom. The number of aromatic nitrogens is 5. The highest BCUT2D eigenvalue weighted by atomic mass is 16.6. The number of rotatable bonds is 7. The van der Waals surface area contributed by atoms with Crippen molar-refractivity contribution >= 4 is 40.6 Å². The summed E-state index contributed by atoms with van der Waals surface area (Å²) in [4.78, 5) is 30.1. The van der Waals surface area contributed by atoms with E-state index in [0.29, 0.717) is 23.1 Å². The lowest BCUT2D eigenvalue weighted by atomic mass is 10.1. The Bertz CT molecular complexity index is 1540. The molecule has 0 unspecified atom stereocenters. The van der Waals surface area contributed by atoms with E-state index in [1.54, 1.807) is 4.68 Å². The molecule has 0 radical (unpaired) electrons. The Morgan fingerprint density at radius 3 is 2.50 bits per heavy atom. The lowest BCUT2D eigenvalue weighted by Crippen LogP contribution is -2.36. The first-order chi connectivity index (χ1) is 20.1. The van der Waals surface area contributed by atoms with E-state index < -0.39 is 11.7 Å². The van der Waals surface area contributed by atoms with Gasteiger partial charge in [-0.05, 0) is 64.4 Å². The van der Waals surface area contributed by atoms with E-state index in [-0.39, 0.29) is 0 Å². The van der Waals surface area contributed by atoms with Crippen LogP contribution >= 0.6 is 0 Å². The second-order valence-electron chi connectivity index (χ2n) is 11.1. The summed E-state index contributed by atoms with van der Waals surface area (Å²) in [7, 11) is 1.92. The van der Waals surface area contributed by atoms with Crippen molar-refractivity contribution in [1.29, 1.82) is 0 Å². The van der Waals surface area contributed by atoms with Gasteiger partial charge in [0.1, 0.15) is 29.4 Å². The molecule has 2 N–H and O–H groups in total. The van der Waals surface area contributed by atoms with Crippen LogP contribution in [0.1, 0.15) is 32.0 Å². The molecule has 4 aromatic rings. The molecule has 12 nitrogen and oxygen atoms in total. The number of pyridine rings is 1. The van der Waals surface area contributed by atoms with E-state index in [0.717, 1.165) is 54.8 Å². The quantitative estimate of drug-likeness (QED) is 0.299. The van der Waals surface area contributed by atoms with Crippen molar-refractivity contribution < 1.29 is 14.3 Å². The monoisotopic (exact) mass is 571 g/mol. The molecule has 0 bridgehead atoms. The average Bonchev–Trinajstić information content (AvgIpc) is 3.34. The van der Waals surface area contributed by atoms with E-state index in [1.807, 2.05) is 89.2 Å². The fourth-order valence-electron chi connectivity index (χ4n) is 4.50. The molecule has 220 valence electrons. The molecule has 1 aliphatic heterocycles. The topological polar surface area (TPSA) is 123 Å². The molecule has 4 heterocycles. The van der Waals surface area contributed by atoms with E-state index >= 15 is 0 Å². The molecule has 3 aromatic heterocycles. The minimum Gasteiger partial charge on any atom is -0.444 e. The lowest BCUT2D eigenvalue weighted by molar-refractivity contribution is 0.0636. The molecule has 0 saturated carbocycles. The van der Waals surface area contributed by atoms with Crippen LogP contribution < -0.4 is 20.4 Å². The Balaban J connectivity index is 1.35. The number of ether oxygens (including phenoxy) is 2. The first kappa shape index (κ1) is 28.8. The van der Waals surface area contributed by atoms with Gasteiger partial charge in [-0.2, -0.15) is 9.78 Å². The van der Waals surface area contributed by atoms with E-state index in [4.69, 9.17) is 9.47 Å². The van der Waals surface area contributed by atoms with Gasteiger partial charge in [-0.1, -0.05) is 6.07 Å². The second-order valence-corrected chi connectivity index (χ2v) is 11.1. The van der Waals surface area contributed by atoms with Crippen molar-refractivity contribution in [2.45, 2.75) is 40.2 Å². The Labute approximate surface area is 245 Å². The number of anilines is 6. The molecule has 1 amide bonds. The number of nitrogens with one attached hydrogen (secondary N) is 2. The fraction of sp³-hybridized carbons (Fsp3) is 0.367. The molecule has 0 aliphatic carbocycles. The largest absolute Gasteiger partial charge is 0.444 e. The SMILES string of the molecule is Cc1cc(Nc2cc(NC(=O)OC(C)(C)C)ccc2C)n(-c2cc(N(C)c3ccc(N4CCOCC4)cn3)ncn2)n1. The van der Waals surface area contributed by atoms with Gasteiger partial charge in [0.25, 0.3) is 0 Å². The van der Waals surface area contributed by atoms with Gasteiger partial charge in [0.2, 0.25) is 0 Å². The predicted octanol–water partition coefficient (Wildman–Crippen LogP) is 5.37. The van der Waals surface area contributed by atoms with Gasteiger partial charge in [0, 0.05) is 43.6 Å². The van der Waals surface area contributed by atoms with Crippen molar-refractivity contribution in [3.8, 4) is 5.82 Å². The molecule has 1 fully saturated rings. The summed E-state index contributed by atoms with van der Waals surface area (Å²) < 4.78 is 12.6. The fourth-order valence-corrected chi connectivity index (χ4v) is 4.50. The van der Waals surface area contributed by atoms with Gasteiger partial charge < -0.3 is 24.6 Å². The number of benzene rings is 1. The standard InChI is InChI=1S/C30H37N9O3/c1-20-7-8-22(34-29(40)42-30(3,4)5)16-24(20)35-28-15-21(2)36-39(28)27-17-26(32-19-33-27)37(6)25-10-9-23(18-31-25)38-11-13-41-14-12-38/h7-10,15-19,35H,11-14H2,1-6H3,(H,34,40). The van der Waals surface area contributed by atoms with Gasteiger partial charge in [-0.25, -0.2) is 19.7 Å². The zero-order valence-corrected chi connectivity index (χ0v) is 24.9. The molecule has 12 heteroatoms. The molecule has 0 atom stereocenters. The molecular weight excluding hydrogens is 534 g/mol. The number of hydrogen-bond acceptors (Lipinski definition) is 10. The van der Waals surface area contributed by atoms with Crippen LogP contribution in [-0.4, -0.2) is 69.8 Å². The molecule has 1 aliphatic rings. The maximum Gasteiger partial charge on any atom is 0.412 e. The number of hydrogen-bond donors (Lipinski definition) is 2. The van der Waals surface area contributed by atoms with Gasteiger partial charge in [0.15, 0.2) is 5.82 Å². The summed E-state index contributed by atoms with van der Waals surface area (Å²) in [5.41, 5.74) is 3.70. The molecular formula is C30H37N9O3. The smallest absolute Gasteiger partial charge is 0.412 e. The van der Waals surface area contributed by atoms with Crippen LogP contribution in [-0.2, 0) is 9.47 Å². The maximum atomic E-state index is 12.3. The molecule has 5 rings (SSSR count). The first-order valence-electron chi connectivity index (χ1n) is 13.8. The zero-order chi connectivity index (χ0) is 29.9. The zero-order valence-electron chi connectivity index (χ0n) is 24.9. The van der Waals surface area contributed by atoms with Crippen LogP contribution in [0.15, 0.2) is 55.0 Å². The van der Waals surface area contributed by atoms with Crippen LogP contribution in [0.2, 0.25) is 0 Å². The van der Waals surface area contributed by atoms with Gasteiger partial charge in [-0.3, -0.25) is 5.32 Å². The maximum absolute atomic E-state index is 12.3. The third kappa shape index (κ3) is 6.95. The van der Waals surface area contributed by atoms with Crippen molar-refractivity contribution in [3.05, 3.63) is 66.2 Å². The van der Waals surface area contributed by atoms with Crippen LogP contribution in [0, 0.1) is 13.8 Å². The van der Waals surface area contributed by atoms with Gasteiger partial charge >= 0.3 is 6.09 Å². The first-order valence-corrected chi connectivity index (χ1v) is 13.8. The number of carbonyl (C=O) groups is 1. The number of carbonyl (C=O) groups excluding carboxylic acids is 1. The average molecular weight is 572 g/mol. The van der Waals surface area contributed by atoms with E-state index in [2.05, 4.69) is 41.7 Å². The summed E-state index contributed by atoms with van der Waals surface area (Å²) in [6, 6.07) is 13.5. The highest BCUT2D eigenvalue weighted by Crippen LogP contribution is 2.28. The number of morpholine rings is 1. The van der Waals surface area contributed by atoms with Crippen molar-refractivity contribution in [3.63, 3.8) is 0 Å². The summed E-state index contributed by atoms with van der Waals surface area (Å²) in [5.74, 6) is 2.74. The van der Waals surface area contributed by atoms with E-state index in [1.165, 1.54) is 6.33 Å². The van der Waals surface area contributed by atoms with Gasteiger partial charge in [0.05, 0.1) is 30.8 Å². The summed E-state index contributed by atoms with van der Waals surface area (Å²) in [6.07, 6.45) is 2.88. The Morgan fingerprint density at radius 1 is 1.00 bits per heavy atom. The highest BCUT2D eigenvalue weighted by molar-refractivity contribution is 5.86. The number of nitrogens with zero attached hydrogens (tertiary/aromatic N) is 7. The molecule has 1 saturated heterocycles. The minimum atomic E-state index is -0.590.